The smallest absolute Gasteiger partial charge is 0.303 e. The van der Waals surface area contributed by atoms with E-state index >= 15 is 0 Å². The van der Waals surface area contributed by atoms with Gasteiger partial charge in [0.2, 0.25) is 0 Å². The van der Waals surface area contributed by atoms with Gasteiger partial charge in [0.15, 0.2) is 0 Å². The molecule has 0 aromatic heterocycles. The molecule has 18 heavy (non-hydrogen) atoms. The molecule has 3 nitrogen and oxygen atoms in total. The van der Waals surface area contributed by atoms with Gasteiger partial charge in [0, 0.05) is 13.1 Å². The first-order valence-corrected chi connectivity index (χ1v) is 6.43. The van der Waals surface area contributed by atoms with Gasteiger partial charge in [0.1, 0.15) is 0 Å². The predicted molar refractivity (Wildman–Crippen MR) is 73.6 cm³/mol. The van der Waals surface area contributed by atoms with Crippen molar-refractivity contribution in [2.75, 3.05) is 6.54 Å². The van der Waals surface area contributed by atoms with Crippen LogP contribution in [0.25, 0.3) is 0 Å². The summed E-state index contributed by atoms with van der Waals surface area (Å²) >= 11 is 0. The van der Waals surface area contributed by atoms with Crippen LogP contribution in [0, 0.1) is 5.41 Å². The molecule has 0 radical (unpaired) electrons. The van der Waals surface area contributed by atoms with Gasteiger partial charge in [-0.1, -0.05) is 45.0 Å². The number of aliphatic carboxylic acids is 1. The zero-order chi connectivity index (χ0) is 13.6. The van der Waals surface area contributed by atoms with E-state index in [4.69, 9.17) is 5.11 Å². The maximum absolute atomic E-state index is 10.7. The van der Waals surface area contributed by atoms with Crippen LogP contribution in [-0.4, -0.2) is 17.6 Å². The minimum Gasteiger partial charge on any atom is -0.481 e. The first kappa shape index (κ1) is 14.7. The third-order valence-electron chi connectivity index (χ3n) is 2.99. The Balaban J connectivity index is 2.38. The first-order chi connectivity index (χ1) is 8.43. The third kappa shape index (κ3) is 5.32. The molecule has 0 unspecified atom stereocenters. The minimum atomic E-state index is -0.742. The van der Waals surface area contributed by atoms with Gasteiger partial charge in [0.25, 0.3) is 0 Å². The van der Waals surface area contributed by atoms with E-state index in [1.165, 1.54) is 11.1 Å². The Bertz CT molecular complexity index is 382. The van der Waals surface area contributed by atoms with Crippen molar-refractivity contribution in [2.24, 2.45) is 5.41 Å². The molecule has 1 aromatic rings. The number of hydrogen-bond acceptors (Lipinski definition) is 2. The Morgan fingerprint density at radius 1 is 1.22 bits per heavy atom. The highest BCUT2D eigenvalue weighted by molar-refractivity contribution is 5.67. The number of benzene rings is 1. The van der Waals surface area contributed by atoms with Crippen LogP contribution in [0.2, 0.25) is 0 Å². The molecule has 1 rings (SSSR count). The maximum Gasteiger partial charge on any atom is 0.303 e. The number of carboxylic acid groups (broad SMARTS) is 1. The van der Waals surface area contributed by atoms with E-state index in [0.29, 0.717) is 6.54 Å². The van der Waals surface area contributed by atoms with Crippen molar-refractivity contribution in [1.29, 1.82) is 0 Å². The van der Waals surface area contributed by atoms with Gasteiger partial charge >= 0.3 is 5.97 Å². The summed E-state index contributed by atoms with van der Waals surface area (Å²) < 4.78 is 0. The average Bonchev–Trinajstić information content (AvgIpc) is 2.28. The van der Waals surface area contributed by atoms with Crippen LogP contribution in [0.15, 0.2) is 24.3 Å². The van der Waals surface area contributed by atoms with Gasteiger partial charge in [-0.3, -0.25) is 4.79 Å². The highest BCUT2D eigenvalue weighted by Gasteiger charge is 2.20. The van der Waals surface area contributed by atoms with Crippen molar-refractivity contribution >= 4 is 5.97 Å². The van der Waals surface area contributed by atoms with Crippen LogP contribution in [0.3, 0.4) is 0 Å². The largest absolute Gasteiger partial charge is 0.481 e. The molecular formula is C15H23NO2. The van der Waals surface area contributed by atoms with Gasteiger partial charge in [-0.2, -0.15) is 0 Å². The SMILES string of the molecule is CCc1ccc(CNCC(C)(C)CC(=O)O)cc1. The maximum atomic E-state index is 10.7. The number of nitrogens with one attached hydrogen (secondary N) is 1. The van der Waals surface area contributed by atoms with Crippen molar-refractivity contribution < 1.29 is 9.90 Å². The van der Waals surface area contributed by atoms with E-state index in [2.05, 4.69) is 36.5 Å². The molecule has 0 heterocycles. The molecule has 0 amide bonds. The Hall–Kier alpha value is -1.35. The summed E-state index contributed by atoms with van der Waals surface area (Å²) in [4.78, 5) is 10.7. The van der Waals surface area contributed by atoms with Crippen LogP contribution in [0.5, 0.6) is 0 Å². The lowest BCUT2D eigenvalue weighted by molar-refractivity contribution is -0.139. The summed E-state index contributed by atoms with van der Waals surface area (Å²) in [5, 5.41) is 12.1. The van der Waals surface area contributed by atoms with Crippen LogP contribution in [0.1, 0.15) is 38.3 Å². The molecule has 3 heteroatoms. The fourth-order valence-electron chi connectivity index (χ4n) is 1.91. The normalized spacial score (nSPS) is 11.5. The molecule has 0 bridgehead atoms. The molecular weight excluding hydrogens is 226 g/mol. The molecule has 0 fully saturated rings. The quantitative estimate of drug-likeness (QED) is 0.781. The molecule has 100 valence electrons. The number of carbonyl (C=O) groups is 1. The molecule has 0 aliphatic rings. The second kappa shape index (κ2) is 6.55. The first-order valence-electron chi connectivity index (χ1n) is 6.43. The van der Waals surface area contributed by atoms with Gasteiger partial charge in [-0.05, 0) is 23.0 Å². The summed E-state index contributed by atoms with van der Waals surface area (Å²) in [6.07, 6.45) is 1.24. The molecule has 0 atom stereocenters. The second-order valence-corrected chi connectivity index (χ2v) is 5.51. The number of aryl methyl sites for hydroxylation is 1. The molecule has 0 aliphatic carbocycles. The van der Waals surface area contributed by atoms with E-state index in [9.17, 15) is 4.79 Å². The highest BCUT2D eigenvalue weighted by atomic mass is 16.4. The highest BCUT2D eigenvalue weighted by Crippen LogP contribution is 2.18. The number of carboxylic acids is 1. The number of rotatable bonds is 7. The Labute approximate surface area is 109 Å². The molecule has 0 saturated carbocycles. The van der Waals surface area contributed by atoms with E-state index in [1.807, 2.05) is 13.8 Å². The minimum absolute atomic E-state index is 0.189. The van der Waals surface area contributed by atoms with E-state index in [-0.39, 0.29) is 11.8 Å². The van der Waals surface area contributed by atoms with Crippen molar-refractivity contribution in [1.82, 2.24) is 5.32 Å². The molecule has 0 spiro atoms. The topological polar surface area (TPSA) is 49.3 Å². The fourth-order valence-corrected chi connectivity index (χ4v) is 1.91. The van der Waals surface area contributed by atoms with Gasteiger partial charge in [-0.15, -0.1) is 0 Å². The van der Waals surface area contributed by atoms with Crippen LogP contribution in [-0.2, 0) is 17.8 Å². The Morgan fingerprint density at radius 3 is 2.28 bits per heavy atom. The lowest BCUT2D eigenvalue weighted by Crippen LogP contribution is -2.31. The summed E-state index contributed by atoms with van der Waals surface area (Å²) in [6.45, 7) is 7.56. The zero-order valence-electron chi connectivity index (χ0n) is 11.5. The van der Waals surface area contributed by atoms with Crippen molar-refractivity contribution in [3.05, 3.63) is 35.4 Å². The lowest BCUT2D eigenvalue weighted by Gasteiger charge is -2.22. The Kier molecular flexibility index (Phi) is 5.35. The third-order valence-corrected chi connectivity index (χ3v) is 2.99. The summed E-state index contributed by atoms with van der Waals surface area (Å²) in [6, 6.07) is 8.52. The van der Waals surface area contributed by atoms with E-state index in [1.54, 1.807) is 0 Å². The predicted octanol–water partition coefficient (Wildman–Crippen LogP) is 2.84. The zero-order valence-corrected chi connectivity index (χ0v) is 11.5. The van der Waals surface area contributed by atoms with Crippen molar-refractivity contribution in [2.45, 2.75) is 40.2 Å². The fraction of sp³-hybridized carbons (Fsp3) is 0.533. The Morgan fingerprint density at radius 2 is 1.78 bits per heavy atom. The standard InChI is InChI=1S/C15H23NO2/c1-4-12-5-7-13(8-6-12)10-16-11-15(2,3)9-14(17)18/h5-8,16H,4,9-11H2,1-3H3,(H,17,18). The summed E-state index contributed by atoms with van der Waals surface area (Å²) in [5.74, 6) is -0.742. The van der Waals surface area contributed by atoms with E-state index in [0.717, 1.165) is 13.0 Å². The average molecular weight is 249 g/mol. The lowest BCUT2D eigenvalue weighted by atomic mass is 9.89. The molecule has 0 saturated heterocycles. The van der Waals surface area contributed by atoms with Crippen LogP contribution in [0.4, 0.5) is 0 Å². The van der Waals surface area contributed by atoms with E-state index < -0.39 is 5.97 Å². The molecule has 0 aliphatic heterocycles. The summed E-state index contributed by atoms with van der Waals surface area (Å²) in [7, 11) is 0. The molecule has 1 aromatic carbocycles. The second-order valence-electron chi connectivity index (χ2n) is 5.51. The van der Waals surface area contributed by atoms with Crippen LogP contribution < -0.4 is 5.32 Å². The molecule has 2 N–H and O–H groups in total. The van der Waals surface area contributed by atoms with Gasteiger partial charge < -0.3 is 10.4 Å². The van der Waals surface area contributed by atoms with Crippen molar-refractivity contribution in [3.63, 3.8) is 0 Å². The van der Waals surface area contributed by atoms with Gasteiger partial charge in [-0.25, -0.2) is 0 Å². The van der Waals surface area contributed by atoms with Gasteiger partial charge in [0.05, 0.1) is 6.42 Å². The van der Waals surface area contributed by atoms with Crippen molar-refractivity contribution in [3.8, 4) is 0 Å². The number of hydrogen-bond donors (Lipinski definition) is 2. The van der Waals surface area contributed by atoms with Crippen LogP contribution >= 0.6 is 0 Å². The monoisotopic (exact) mass is 249 g/mol. The summed E-state index contributed by atoms with van der Waals surface area (Å²) in [5.41, 5.74) is 2.36.